The van der Waals surface area contributed by atoms with Gasteiger partial charge < -0.3 is 15.3 Å². The van der Waals surface area contributed by atoms with E-state index in [1.54, 1.807) is 6.92 Å². The molecule has 26 heavy (non-hydrogen) atoms. The maximum Gasteiger partial charge on any atom is 0.347 e. The molecule has 1 fully saturated rings. The van der Waals surface area contributed by atoms with Gasteiger partial charge in [-0.05, 0) is 25.3 Å². The highest BCUT2D eigenvalue weighted by atomic mass is 35.5. The summed E-state index contributed by atoms with van der Waals surface area (Å²) in [4.78, 5) is 34.5. The van der Waals surface area contributed by atoms with E-state index in [2.05, 4.69) is 15.3 Å². The molecule has 0 aliphatic carbocycles. The summed E-state index contributed by atoms with van der Waals surface area (Å²) in [5, 5.41) is 13.3. The number of carbonyl (C=O) groups excluding carboxylic acids is 1. The lowest BCUT2D eigenvalue weighted by Gasteiger charge is -2.48. The minimum absolute atomic E-state index is 0.0165. The minimum Gasteiger partial charge on any atom is -0.477 e. The number of nitrogens with zero attached hydrogens (tertiary/aromatic N) is 3. The number of hydrogen-bond donors (Lipinski definition) is 2. The number of thiazole rings is 1. The van der Waals surface area contributed by atoms with Crippen LogP contribution in [0.3, 0.4) is 0 Å². The molecule has 0 aromatic carbocycles. The highest BCUT2D eigenvalue weighted by molar-refractivity contribution is 7.17. The molecule has 3 rings (SSSR count). The lowest BCUT2D eigenvalue weighted by atomic mass is 9.94. The molecule has 7 nitrogen and oxygen atoms in total. The first-order valence-electron chi connectivity index (χ1n) is 8.58. The molecule has 0 radical (unpaired) electrons. The minimum atomic E-state index is -0.958. The lowest BCUT2D eigenvalue weighted by Crippen LogP contribution is -2.67. The van der Waals surface area contributed by atoms with Gasteiger partial charge in [-0.25, -0.2) is 14.8 Å². The molecule has 2 aliphatic heterocycles. The van der Waals surface area contributed by atoms with E-state index in [9.17, 15) is 14.7 Å². The zero-order valence-electron chi connectivity index (χ0n) is 14.9. The smallest absolute Gasteiger partial charge is 0.347 e. The van der Waals surface area contributed by atoms with Crippen molar-refractivity contribution in [3.8, 4) is 0 Å². The fraction of sp³-hybridized carbons (Fsp3) is 0.529. The standard InChI is InChI=1S/C17H21ClN4O3S/c1-4-9-6-10(20-14(9)18)15(23)21-11-7-22(12(11)5-2)17-19-8(3)13(26-17)16(24)25/h11-12H,4-7H2,1-3H3,(H,21,23)(H,24,25)/t11-,12?/m1/s1. The Morgan fingerprint density at radius 1 is 1.42 bits per heavy atom. The summed E-state index contributed by atoms with van der Waals surface area (Å²) < 4.78 is 0. The van der Waals surface area contributed by atoms with Gasteiger partial charge in [0.05, 0.1) is 17.8 Å². The number of nitrogens with one attached hydrogen (secondary N) is 1. The van der Waals surface area contributed by atoms with Crippen LogP contribution in [0.2, 0.25) is 0 Å². The molecule has 1 saturated heterocycles. The Morgan fingerprint density at radius 2 is 2.15 bits per heavy atom. The van der Waals surface area contributed by atoms with Crippen molar-refractivity contribution in [2.75, 3.05) is 11.4 Å². The Kier molecular flexibility index (Phi) is 5.34. The molecule has 3 heterocycles. The number of carboxylic acids is 1. The van der Waals surface area contributed by atoms with Crippen LogP contribution in [0.5, 0.6) is 0 Å². The van der Waals surface area contributed by atoms with E-state index < -0.39 is 5.97 Å². The first-order chi connectivity index (χ1) is 12.3. The van der Waals surface area contributed by atoms with Gasteiger partial charge in [0, 0.05) is 13.0 Å². The summed E-state index contributed by atoms with van der Waals surface area (Å²) in [5.41, 5.74) is 1.96. The van der Waals surface area contributed by atoms with Crippen LogP contribution in [0.4, 0.5) is 5.13 Å². The molecule has 2 N–H and O–H groups in total. The lowest BCUT2D eigenvalue weighted by molar-refractivity contribution is -0.116. The Hall–Kier alpha value is -1.93. The molecule has 0 spiro atoms. The monoisotopic (exact) mass is 396 g/mol. The van der Waals surface area contributed by atoms with Crippen molar-refractivity contribution < 1.29 is 14.7 Å². The number of aryl methyl sites for hydroxylation is 1. The quantitative estimate of drug-likeness (QED) is 0.721. The summed E-state index contributed by atoms with van der Waals surface area (Å²) in [6.45, 7) is 6.33. The predicted octanol–water partition coefficient (Wildman–Crippen LogP) is 2.94. The van der Waals surface area contributed by atoms with E-state index in [-0.39, 0.29) is 22.9 Å². The number of anilines is 1. The average molecular weight is 397 g/mol. The number of aromatic nitrogens is 1. The van der Waals surface area contributed by atoms with Crippen LogP contribution in [0.15, 0.2) is 15.7 Å². The molecular formula is C17H21ClN4O3S. The van der Waals surface area contributed by atoms with E-state index in [0.717, 1.165) is 18.4 Å². The first-order valence-corrected chi connectivity index (χ1v) is 9.78. The van der Waals surface area contributed by atoms with Gasteiger partial charge in [0.15, 0.2) is 5.13 Å². The van der Waals surface area contributed by atoms with E-state index in [1.165, 1.54) is 11.3 Å². The summed E-state index contributed by atoms with van der Waals surface area (Å²) in [5.74, 6) is -1.14. The van der Waals surface area contributed by atoms with E-state index in [0.29, 0.717) is 34.7 Å². The van der Waals surface area contributed by atoms with E-state index >= 15 is 0 Å². The Morgan fingerprint density at radius 3 is 2.69 bits per heavy atom. The third-order valence-electron chi connectivity index (χ3n) is 4.81. The van der Waals surface area contributed by atoms with Gasteiger partial charge in [-0.1, -0.05) is 36.8 Å². The highest BCUT2D eigenvalue weighted by Gasteiger charge is 2.41. The maximum absolute atomic E-state index is 12.5. The van der Waals surface area contributed by atoms with E-state index in [4.69, 9.17) is 11.6 Å². The van der Waals surface area contributed by atoms with Crippen molar-refractivity contribution in [3.05, 3.63) is 21.3 Å². The van der Waals surface area contributed by atoms with Crippen molar-refractivity contribution >= 4 is 45.7 Å². The third-order valence-corrected chi connectivity index (χ3v) is 6.35. The highest BCUT2D eigenvalue weighted by Crippen LogP contribution is 2.34. The average Bonchev–Trinajstić information content (AvgIpc) is 3.13. The zero-order chi connectivity index (χ0) is 19.0. The topological polar surface area (TPSA) is 94.9 Å². The molecule has 1 aromatic rings. The summed E-state index contributed by atoms with van der Waals surface area (Å²) in [7, 11) is 0. The second-order valence-corrected chi connectivity index (χ2v) is 7.74. The summed E-state index contributed by atoms with van der Waals surface area (Å²) in [6.07, 6.45) is 2.10. The van der Waals surface area contributed by atoms with Crippen LogP contribution in [0.25, 0.3) is 0 Å². The van der Waals surface area contributed by atoms with Gasteiger partial charge in [-0.15, -0.1) is 0 Å². The predicted molar refractivity (Wildman–Crippen MR) is 102 cm³/mol. The molecule has 140 valence electrons. The second-order valence-electron chi connectivity index (χ2n) is 6.41. The fourth-order valence-corrected chi connectivity index (χ4v) is 4.56. The summed E-state index contributed by atoms with van der Waals surface area (Å²) >= 11 is 7.23. The normalized spacial score (nSPS) is 22.3. The molecule has 0 saturated carbocycles. The van der Waals surface area contributed by atoms with Crippen LogP contribution in [0, 0.1) is 6.92 Å². The molecular weight excluding hydrogens is 376 g/mol. The van der Waals surface area contributed by atoms with Crippen LogP contribution >= 0.6 is 22.9 Å². The Balaban J connectivity index is 1.64. The number of amides is 1. The fourth-order valence-electron chi connectivity index (χ4n) is 3.28. The molecule has 0 bridgehead atoms. The van der Waals surface area contributed by atoms with Gasteiger partial charge in [-0.3, -0.25) is 4.79 Å². The van der Waals surface area contributed by atoms with Crippen molar-refractivity contribution in [1.29, 1.82) is 0 Å². The number of allylic oxidation sites excluding steroid dienone is 1. The molecule has 9 heteroatoms. The molecule has 1 aromatic heterocycles. The largest absolute Gasteiger partial charge is 0.477 e. The number of aliphatic imine (C=N–C) groups is 1. The van der Waals surface area contributed by atoms with Crippen molar-refractivity contribution in [1.82, 2.24) is 10.3 Å². The van der Waals surface area contributed by atoms with Crippen LogP contribution in [-0.2, 0) is 4.79 Å². The SMILES string of the molecule is CCC1=C(Cl)N=C(C(=O)N[C@@H]2CN(c3nc(C)c(C(=O)O)s3)C2CC)C1. The Bertz CT molecular complexity index is 817. The summed E-state index contributed by atoms with van der Waals surface area (Å²) in [6, 6.07) is 0.0689. The number of rotatable bonds is 6. The van der Waals surface area contributed by atoms with Gasteiger partial charge in [0.2, 0.25) is 0 Å². The molecule has 1 unspecified atom stereocenters. The second kappa shape index (κ2) is 7.36. The first kappa shape index (κ1) is 18.8. The maximum atomic E-state index is 12.5. The van der Waals surface area contributed by atoms with Gasteiger partial charge in [-0.2, -0.15) is 0 Å². The number of halogens is 1. The number of aromatic carboxylic acids is 1. The van der Waals surface area contributed by atoms with Crippen molar-refractivity contribution in [2.24, 2.45) is 4.99 Å². The molecule has 2 atom stereocenters. The van der Waals surface area contributed by atoms with Crippen LogP contribution in [0.1, 0.15) is 48.5 Å². The van der Waals surface area contributed by atoms with Crippen molar-refractivity contribution in [2.45, 2.75) is 52.1 Å². The number of carboxylic acid groups (broad SMARTS) is 1. The molecule has 2 aliphatic rings. The zero-order valence-corrected chi connectivity index (χ0v) is 16.4. The third kappa shape index (κ3) is 3.35. The number of hydrogen-bond acceptors (Lipinski definition) is 6. The molecule has 1 amide bonds. The van der Waals surface area contributed by atoms with Gasteiger partial charge in [0.25, 0.3) is 5.91 Å². The number of carbonyl (C=O) groups is 2. The van der Waals surface area contributed by atoms with E-state index in [1.807, 2.05) is 18.7 Å². The van der Waals surface area contributed by atoms with Crippen LogP contribution in [-0.4, -0.2) is 46.3 Å². The Labute approximate surface area is 160 Å². The van der Waals surface area contributed by atoms with Crippen LogP contribution < -0.4 is 10.2 Å². The van der Waals surface area contributed by atoms with Crippen molar-refractivity contribution in [3.63, 3.8) is 0 Å². The van der Waals surface area contributed by atoms with Gasteiger partial charge in [0.1, 0.15) is 15.7 Å². The van der Waals surface area contributed by atoms with Gasteiger partial charge >= 0.3 is 5.97 Å².